The molecule has 2 nitrogen and oxygen atoms in total. The normalized spacial score (nSPS) is 55.5. The maximum atomic E-state index is 9.63. The number of aliphatic hydroxyl groups excluding tert-OH is 1. The van der Waals surface area contributed by atoms with Crippen LogP contribution in [0.4, 0.5) is 0 Å². The fourth-order valence-electron chi connectivity index (χ4n) is 6.29. The standard InChI is InChI=1S/C18H18O2/c19-7-12-13-10-5-6-11(14(12)13)16-15(10)17-8-3-1-2-4-9(8)18(16)20-17/h1-6,10-19H,7H2/t10-,11+,12?,13-,14+,15-,16+,17+,18-. The van der Waals surface area contributed by atoms with E-state index in [1.54, 1.807) is 0 Å². The maximum Gasteiger partial charge on any atom is 0.0874 e. The van der Waals surface area contributed by atoms with Gasteiger partial charge >= 0.3 is 0 Å². The minimum absolute atomic E-state index is 0.319. The molecule has 2 saturated carbocycles. The largest absolute Gasteiger partial charge is 0.396 e. The van der Waals surface area contributed by atoms with Crippen LogP contribution in [0.1, 0.15) is 23.3 Å². The molecule has 0 radical (unpaired) electrons. The molecular formula is C18H18O2. The molecule has 1 saturated heterocycles. The van der Waals surface area contributed by atoms with Gasteiger partial charge in [0.1, 0.15) is 0 Å². The molecule has 102 valence electrons. The lowest BCUT2D eigenvalue weighted by Gasteiger charge is -2.45. The minimum Gasteiger partial charge on any atom is -0.396 e. The predicted molar refractivity (Wildman–Crippen MR) is 73.7 cm³/mol. The minimum atomic E-state index is 0.319. The zero-order valence-electron chi connectivity index (χ0n) is 11.2. The quantitative estimate of drug-likeness (QED) is 0.792. The molecule has 2 heterocycles. The van der Waals surface area contributed by atoms with Gasteiger partial charge in [0.25, 0.3) is 0 Å². The van der Waals surface area contributed by atoms with Crippen molar-refractivity contribution in [3.8, 4) is 0 Å². The smallest absolute Gasteiger partial charge is 0.0874 e. The number of hydrogen-bond donors (Lipinski definition) is 1. The van der Waals surface area contributed by atoms with Crippen LogP contribution in [0, 0.1) is 41.4 Å². The SMILES string of the molecule is OCC1[C@@H]2[C@@H]3C=C[C@H]([C@H]12)[C@@H]1[C@H]3[C@@H]2O[C@H]1c1ccccc12. The number of ether oxygens (including phenoxy) is 1. The van der Waals surface area contributed by atoms with Crippen LogP contribution in [-0.4, -0.2) is 11.7 Å². The lowest BCUT2D eigenvalue weighted by molar-refractivity contribution is 0.0492. The summed E-state index contributed by atoms with van der Waals surface area (Å²) in [5, 5.41) is 9.63. The molecule has 1 aromatic rings. The van der Waals surface area contributed by atoms with Crippen molar-refractivity contribution >= 4 is 0 Å². The molecule has 20 heavy (non-hydrogen) atoms. The molecule has 0 spiro atoms. The van der Waals surface area contributed by atoms with E-state index in [2.05, 4.69) is 36.4 Å². The Hall–Kier alpha value is -1.12. The Morgan fingerprint density at radius 2 is 1.40 bits per heavy atom. The van der Waals surface area contributed by atoms with Crippen molar-refractivity contribution in [1.82, 2.24) is 0 Å². The fourth-order valence-corrected chi connectivity index (χ4v) is 6.29. The van der Waals surface area contributed by atoms with E-state index in [0.29, 0.717) is 48.4 Å². The first-order valence-electron chi connectivity index (χ1n) is 7.93. The third-order valence-corrected chi connectivity index (χ3v) is 6.88. The Labute approximate surface area is 118 Å². The van der Waals surface area contributed by atoms with Gasteiger partial charge in [-0.3, -0.25) is 0 Å². The molecule has 7 rings (SSSR count). The van der Waals surface area contributed by atoms with Crippen LogP contribution < -0.4 is 0 Å². The van der Waals surface area contributed by atoms with E-state index in [9.17, 15) is 5.11 Å². The topological polar surface area (TPSA) is 29.5 Å². The van der Waals surface area contributed by atoms with Gasteiger partial charge in [-0.15, -0.1) is 0 Å². The molecular weight excluding hydrogens is 248 g/mol. The summed E-state index contributed by atoms with van der Waals surface area (Å²) in [5.41, 5.74) is 2.88. The summed E-state index contributed by atoms with van der Waals surface area (Å²) in [6.07, 6.45) is 5.55. The molecule has 0 aromatic heterocycles. The summed E-state index contributed by atoms with van der Waals surface area (Å²) in [7, 11) is 0. The predicted octanol–water partition coefficient (Wildman–Crippen LogP) is 2.72. The molecule has 2 heteroatoms. The zero-order valence-corrected chi connectivity index (χ0v) is 11.2. The number of hydrogen-bond acceptors (Lipinski definition) is 2. The summed E-state index contributed by atoms with van der Waals surface area (Å²) >= 11 is 0. The van der Waals surface area contributed by atoms with Crippen molar-refractivity contribution < 1.29 is 9.84 Å². The van der Waals surface area contributed by atoms with E-state index in [1.807, 2.05) is 0 Å². The van der Waals surface area contributed by atoms with Crippen molar-refractivity contribution in [3.05, 3.63) is 47.5 Å². The van der Waals surface area contributed by atoms with E-state index < -0.39 is 0 Å². The van der Waals surface area contributed by atoms with Gasteiger partial charge in [0, 0.05) is 18.4 Å². The van der Waals surface area contributed by atoms with Gasteiger partial charge in [-0.2, -0.15) is 0 Å². The van der Waals surface area contributed by atoms with E-state index in [1.165, 1.54) is 11.1 Å². The second kappa shape index (κ2) is 3.20. The van der Waals surface area contributed by atoms with Crippen LogP contribution in [0.15, 0.2) is 36.4 Å². The first-order valence-corrected chi connectivity index (χ1v) is 7.93. The average molecular weight is 266 g/mol. The summed E-state index contributed by atoms with van der Waals surface area (Å²) < 4.78 is 6.41. The van der Waals surface area contributed by atoms with Crippen LogP contribution in [0.5, 0.6) is 0 Å². The molecule has 3 fully saturated rings. The second-order valence-electron chi connectivity index (χ2n) is 7.30. The number of benzene rings is 1. The fraction of sp³-hybridized carbons (Fsp3) is 0.556. The zero-order chi connectivity index (χ0) is 13.0. The van der Waals surface area contributed by atoms with Gasteiger partial charge in [-0.05, 0) is 40.7 Å². The van der Waals surface area contributed by atoms with Crippen molar-refractivity contribution in [2.45, 2.75) is 12.2 Å². The highest BCUT2D eigenvalue weighted by atomic mass is 16.5. The van der Waals surface area contributed by atoms with E-state index in [4.69, 9.17) is 4.74 Å². The van der Waals surface area contributed by atoms with Gasteiger partial charge in [0.05, 0.1) is 12.2 Å². The van der Waals surface area contributed by atoms with Crippen molar-refractivity contribution in [2.75, 3.05) is 6.61 Å². The van der Waals surface area contributed by atoms with E-state index >= 15 is 0 Å². The highest BCUT2D eigenvalue weighted by Gasteiger charge is 2.71. The molecule has 1 N–H and O–H groups in total. The Bertz CT molecular complexity index is 585. The molecule has 9 atom stereocenters. The van der Waals surface area contributed by atoms with Gasteiger partial charge in [0.2, 0.25) is 0 Å². The van der Waals surface area contributed by atoms with Gasteiger partial charge < -0.3 is 9.84 Å². The number of fused-ring (bicyclic) bond motifs is 5. The van der Waals surface area contributed by atoms with Crippen LogP contribution in [-0.2, 0) is 4.74 Å². The molecule has 1 unspecified atom stereocenters. The van der Waals surface area contributed by atoms with Crippen molar-refractivity contribution in [3.63, 3.8) is 0 Å². The Balaban J connectivity index is 1.51. The first kappa shape index (κ1) is 10.6. The maximum absolute atomic E-state index is 9.63. The van der Waals surface area contributed by atoms with Gasteiger partial charge in [-0.1, -0.05) is 36.4 Å². The molecule has 1 aromatic carbocycles. The number of rotatable bonds is 1. The second-order valence-corrected chi connectivity index (χ2v) is 7.30. The monoisotopic (exact) mass is 266 g/mol. The third kappa shape index (κ3) is 0.952. The molecule has 6 aliphatic rings. The van der Waals surface area contributed by atoms with Crippen molar-refractivity contribution in [1.29, 1.82) is 0 Å². The Kier molecular flexibility index (Phi) is 1.70. The summed E-state index contributed by atoms with van der Waals surface area (Å²) in [5.74, 6) is 4.68. The van der Waals surface area contributed by atoms with E-state index in [-0.39, 0.29) is 0 Å². The van der Waals surface area contributed by atoms with Crippen LogP contribution >= 0.6 is 0 Å². The number of aliphatic hydroxyl groups is 1. The summed E-state index contributed by atoms with van der Waals surface area (Å²) in [6, 6.07) is 8.81. The third-order valence-electron chi connectivity index (χ3n) is 6.88. The number of allylic oxidation sites excluding steroid dienone is 2. The lowest BCUT2D eigenvalue weighted by Crippen LogP contribution is -2.41. The van der Waals surface area contributed by atoms with Gasteiger partial charge in [0.15, 0.2) is 0 Å². The molecule has 2 aliphatic heterocycles. The molecule has 4 aliphatic carbocycles. The van der Waals surface area contributed by atoms with Crippen LogP contribution in [0.3, 0.4) is 0 Å². The summed E-state index contributed by atoms with van der Waals surface area (Å²) in [6.45, 7) is 0.382. The highest BCUT2D eigenvalue weighted by molar-refractivity contribution is 5.42. The molecule has 4 bridgehead atoms. The van der Waals surface area contributed by atoms with Gasteiger partial charge in [-0.25, -0.2) is 0 Å². The Morgan fingerprint density at radius 3 is 1.90 bits per heavy atom. The molecule has 0 amide bonds. The van der Waals surface area contributed by atoms with Crippen LogP contribution in [0.25, 0.3) is 0 Å². The summed E-state index contributed by atoms with van der Waals surface area (Å²) in [4.78, 5) is 0. The van der Waals surface area contributed by atoms with Crippen molar-refractivity contribution in [2.24, 2.45) is 41.4 Å². The average Bonchev–Trinajstić information content (AvgIpc) is 2.97. The first-order chi connectivity index (χ1) is 9.90. The lowest BCUT2D eigenvalue weighted by atomic mass is 9.57. The highest BCUT2D eigenvalue weighted by Crippen LogP contribution is 2.75. The van der Waals surface area contributed by atoms with E-state index in [0.717, 1.165) is 11.8 Å². The Morgan fingerprint density at radius 1 is 0.850 bits per heavy atom. The van der Waals surface area contributed by atoms with Crippen LogP contribution in [0.2, 0.25) is 0 Å².